The van der Waals surface area contributed by atoms with Crippen LogP contribution in [-0.4, -0.2) is 51.4 Å². The molecule has 1 nitrogen and oxygen atoms in total. The van der Waals surface area contributed by atoms with Gasteiger partial charge in [0.15, 0.2) is 0 Å². The molecule has 3 heteroatoms. The van der Waals surface area contributed by atoms with Crippen molar-refractivity contribution in [1.82, 2.24) is 0 Å². The Balaban J connectivity index is 0. The van der Waals surface area contributed by atoms with Gasteiger partial charge < -0.3 is 0 Å². The van der Waals surface area contributed by atoms with Crippen LogP contribution in [-0.2, 0) is 0 Å². The summed E-state index contributed by atoms with van der Waals surface area (Å²) in [5.74, 6) is 0. The van der Waals surface area contributed by atoms with Crippen LogP contribution in [0.5, 0.6) is 0 Å². The molecule has 18 valence electrons. The zero-order chi connectivity index (χ0) is 2.71. The van der Waals surface area contributed by atoms with Gasteiger partial charge in [0.05, 0.1) is 0 Å². The number of halogens is 1. The monoisotopic (exact) mass is 85.0 g/mol. The van der Waals surface area contributed by atoms with Crippen LogP contribution in [0.25, 0.3) is 0 Å². The van der Waals surface area contributed by atoms with Crippen molar-refractivity contribution in [2.24, 2.45) is 0 Å². The Labute approximate surface area is 66.2 Å². The zero-order valence-electron chi connectivity index (χ0n) is 1.33. The van der Waals surface area contributed by atoms with E-state index in [2.05, 4.69) is 0 Å². The summed E-state index contributed by atoms with van der Waals surface area (Å²) in [5, 5.41) is 6.65. The van der Waals surface area contributed by atoms with Crippen molar-refractivity contribution in [2.45, 2.75) is 0 Å². The topological polar surface area (TPSA) is 23.8 Å². The van der Waals surface area contributed by atoms with Gasteiger partial charge in [-0.2, -0.15) is 5.26 Å². The molecule has 0 N–H and O–H groups in total. The molecule has 0 aromatic rings. The molecule has 0 aromatic carbocycles. The van der Waals surface area contributed by atoms with Crippen LogP contribution in [0.2, 0.25) is 0 Å². The first-order valence-electron chi connectivity index (χ1n) is 0.413. The third kappa shape index (κ3) is 11.6. The molecule has 0 bridgehead atoms. The first kappa shape index (κ1) is 8.91. The van der Waals surface area contributed by atoms with Crippen LogP contribution in [0.15, 0.2) is 0 Å². The van der Waals surface area contributed by atoms with E-state index in [-0.39, 0.29) is 57.7 Å². The van der Waals surface area contributed by atoms with Crippen molar-refractivity contribution in [2.75, 3.05) is 0 Å². The van der Waals surface area contributed by atoms with Crippen LogP contribution in [0.1, 0.15) is 0 Å². The van der Waals surface area contributed by atoms with E-state index in [4.69, 9.17) is 5.26 Å². The van der Waals surface area contributed by atoms with E-state index in [9.17, 15) is 4.39 Å². The van der Waals surface area contributed by atoms with Crippen molar-refractivity contribution in [3.63, 3.8) is 0 Å². The molecule has 0 aliphatic rings. The minimum absolute atomic E-state index is 0. The van der Waals surface area contributed by atoms with Crippen LogP contribution in [0.4, 0.5) is 4.39 Å². The molecule has 0 aliphatic carbocycles. The van der Waals surface area contributed by atoms with E-state index < -0.39 is 0 Å². The average Bonchev–Trinajstić information content (AvgIpc) is 0.918. The van der Waals surface area contributed by atoms with E-state index >= 15 is 0 Å². The van der Waals surface area contributed by atoms with Crippen LogP contribution in [0.3, 0.4) is 0 Å². The normalized spacial score (nSPS) is 2.00. The van der Waals surface area contributed by atoms with Gasteiger partial charge in [0, 0.05) is 0 Å². The molecule has 0 atom stereocenters. The molecule has 0 heterocycles. The molecule has 0 spiro atoms. The Morgan fingerprint density at radius 2 is 1.75 bits per heavy atom. The van der Waals surface area contributed by atoms with Crippen molar-refractivity contribution < 1.29 is 4.39 Å². The number of nitrogens with zero attached hydrogens (tertiary/aromatic N) is 1. The molecule has 0 rings (SSSR count). The predicted octanol–water partition coefficient (Wildman–Crippen LogP) is -0.212. The molecule has 0 aromatic heterocycles. The van der Waals surface area contributed by atoms with Gasteiger partial charge in [-0.25, -0.2) is 0 Å². The van der Waals surface area contributed by atoms with Crippen molar-refractivity contribution >= 4 is 51.4 Å². The van der Waals surface area contributed by atoms with Crippen molar-refractivity contribution in [3.05, 3.63) is 0 Å². The first-order valence-corrected chi connectivity index (χ1v) is 0.413. The fraction of sp³-hybridized carbons (Fsp3) is 0. The Kier molecular flexibility index (Phi) is 20.0. The minimum atomic E-state index is 0. The summed E-state index contributed by atoms with van der Waals surface area (Å²) < 4.78 is 9.60. The number of hydrogen-bond donors (Lipinski definition) is 0. The Morgan fingerprint density at radius 1 is 1.75 bits per heavy atom. The molecule has 4 heavy (non-hydrogen) atoms. The molecular formula is CHFKN. The van der Waals surface area contributed by atoms with Gasteiger partial charge in [-0.05, 0) is 0 Å². The molecular weight excluding hydrogens is 84.1 g/mol. The van der Waals surface area contributed by atoms with Gasteiger partial charge >= 0.3 is 51.4 Å². The van der Waals surface area contributed by atoms with Gasteiger partial charge in [-0.1, -0.05) is 0 Å². The number of nitriles is 1. The van der Waals surface area contributed by atoms with Gasteiger partial charge in [-0.3, -0.25) is 0 Å². The van der Waals surface area contributed by atoms with Gasteiger partial charge in [-0.15, -0.1) is 4.39 Å². The average molecular weight is 85.1 g/mol. The summed E-state index contributed by atoms with van der Waals surface area (Å²) in [6, 6.07) is 0. The van der Waals surface area contributed by atoms with Gasteiger partial charge in [0.1, 0.15) is 0 Å². The molecule has 0 fully saturated rings. The summed E-state index contributed by atoms with van der Waals surface area (Å²) in [4.78, 5) is 0. The first-order chi connectivity index (χ1) is 1.41. The Morgan fingerprint density at radius 3 is 1.75 bits per heavy atom. The fourth-order valence-corrected chi connectivity index (χ4v) is 0. The van der Waals surface area contributed by atoms with Gasteiger partial charge in [0.25, 0.3) is 6.32 Å². The fourth-order valence-electron chi connectivity index (χ4n) is 0. The predicted molar refractivity (Wildman–Crippen MR) is 13.9 cm³/mol. The van der Waals surface area contributed by atoms with E-state index in [1.807, 2.05) is 0 Å². The Hall–Kier alpha value is 1.06. The summed E-state index contributed by atoms with van der Waals surface area (Å²) >= 11 is 0. The van der Waals surface area contributed by atoms with Crippen LogP contribution >= 0.6 is 0 Å². The molecule has 0 aliphatic heterocycles. The molecule has 0 radical (unpaired) electrons. The van der Waals surface area contributed by atoms with E-state index in [0.29, 0.717) is 0 Å². The zero-order valence-corrected chi connectivity index (χ0v) is 1.33. The van der Waals surface area contributed by atoms with Crippen LogP contribution in [0, 0.1) is 11.6 Å². The van der Waals surface area contributed by atoms with E-state index in [0.717, 1.165) is 0 Å². The SMILES string of the molecule is N#CF.[KH]. The molecule has 0 unspecified atom stereocenters. The second-order valence-electron chi connectivity index (χ2n) is 0.0845. The Bertz CT molecular complexity index is 29.5. The maximum atomic E-state index is 9.60. The quantitative estimate of drug-likeness (QED) is 0.373. The molecule has 0 saturated heterocycles. The molecule has 0 amide bonds. The second kappa shape index (κ2) is 8.96. The summed E-state index contributed by atoms with van der Waals surface area (Å²) in [7, 11) is 0. The summed E-state index contributed by atoms with van der Waals surface area (Å²) in [5.41, 5.74) is 0. The number of hydrogen-bond acceptors (Lipinski definition) is 1. The van der Waals surface area contributed by atoms with Crippen molar-refractivity contribution in [1.29, 1.82) is 5.26 Å². The van der Waals surface area contributed by atoms with Crippen molar-refractivity contribution in [3.8, 4) is 6.32 Å². The van der Waals surface area contributed by atoms with Crippen LogP contribution < -0.4 is 0 Å². The van der Waals surface area contributed by atoms with E-state index in [1.165, 1.54) is 0 Å². The third-order valence-corrected chi connectivity index (χ3v) is 0. The second-order valence-corrected chi connectivity index (χ2v) is 0.0845. The summed E-state index contributed by atoms with van der Waals surface area (Å²) in [6.07, 6.45) is 0.250. The standard InChI is InChI=1S/CFN.K.H/c2-1-3;;. The molecule has 0 saturated carbocycles. The third-order valence-electron chi connectivity index (χ3n) is 0. The summed E-state index contributed by atoms with van der Waals surface area (Å²) in [6.45, 7) is 0. The van der Waals surface area contributed by atoms with E-state index in [1.54, 1.807) is 0 Å². The number of rotatable bonds is 0. The maximum absolute atomic E-state index is 9.60. The van der Waals surface area contributed by atoms with Gasteiger partial charge in [0.2, 0.25) is 0 Å².